The molecule has 0 atom stereocenters. The van der Waals surface area contributed by atoms with Gasteiger partial charge in [0.05, 0.1) is 18.6 Å². The molecule has 2 aromatic rings. The highest BCUT2D eigenvalue weighted by Gasteiger charge is 1.93. The van der Waals surface area contributed by atoms with Crippen molar-refractivity contribution < 1.29 is 0 Å². The Hall–Kier alpha value is -1.94. The summed E-state index contributed by atoms with van der Waals surface area (Å²) in [4.78, 5) is 7.89. The van der Waals surface area contributed by atoms with Gasteiger partial charge in [0, 0.05) is 0 Å². The van der Waals surface area contributed by atoms with Crippen molar-refractivity contribution in [2.24, 2.45) is 5.10 Å². The van der Waals surface area contributed by atoms with Gasteiger partial charge in [-0.15, -0.1) is 0 Å². The predicted molar refractivity (Wildman–Crippen MR) is 69.4 cm³/mol. The molecule has 4 nitrogen and oxygen atoms in total. The number of halogens is 1. The number of benzene rings is 1. The molecule has 86 valence electrons. The van der Waals surface area contributed by atoms with Gasteiger partial charge in [-0.2, -0.15) is 5.10 Å². The molecule has 0 bridgehead atoms. The van der Waals surface area contributed by atoms with E-state index in [0.717, 1.165) is 5.56 Å². The molecule has 1 aromatic carbocycles. The van der Waals surface area contributed by atoms with Crippen molar-refractivity contribution in [3.8, 4) is 0 Å². The number of hydrogen-bond acceptors (Lipinski definition) is 4. The highest BCUT2D eigenvalue weighted by molar-refractivity contribution is 6.29. The Labute approximate surface area is 104 Å². The van der Waals surface area contributed by atoms with Crippen LogP contribution in [-0.2, 0) is 0 Å². The van der Waals surface area contributed by atoms with Gasteiger partial charge < -0.3 is 0 Å². The van der Waals surface area contributed by atoms with Crippen LogP contribution in [0.25, 0.3) is 0 Å². The zero-order valence-corrected chi connectivity index (χ0v) is 10.0. The molecular weight excluding hydrogens is 236 g/mol. The van der Waals surface area contributed by atoms with Crippen LogP contribution < -0.4 is 5.43 Å². The maximum absolute atomic E-state index is 5.69. The Kier molecular flexibility index (Phi) is 3.67. The number of nitrogens with one attached hydrogen (secondary N) is 1. The molecule has 0 amide bonds. The fourth-order valence-electron chi connectivity index (χ4n) is 1.22. The third kappa shape index (κ3) is 3.53. The van der Waals surface area contributed by atoms with Gasteiger partial charge >= 0.3 is 0 Å². The fraction of sp³-hybridized carbons (Fsp3) is 0.0833. The zero-order valence-electron chi connectivity index (χ0n) is 9.26. The maximum atomic E-state index is 5.69. The van der Waals surface area contributed by atoms with Gasteiger partial charge in [0.1, 0.15) is 5.15 Å². The van der Waals surface area contributed by atoms with Gasteiger partial charge in [-0.3, -0.25) is 10.4 Å². The van der Waals surface area contributed by atoms with Crippen LogP contribution in [0.1, 0.15) is 11.1 Å². The summed E-state index contributed by atoms with van der Waals surface area (Å²) in [5.74, 6) is 0.515. The molecule has 0 saturated heterocycles. The minimum Gasteiger partial charge on any atom is -0.260 e. The maximum Gasteiger partial charge on any atom is 0.166 e. The Morgan fingerprint density at radius 3 is 2.71 bits per heavy atom. The molecule has 0 fully saturated rings. The second-order valence-corrected chi connectivity index (χ2v) is 3.89. The Morgan fingerprint density at radius 1 is 1.24 bits per heavy atom. The van der Waals surface area contributed by atoms with Crippen molar-refractivity contribution in [2.45, 2.75) is 6.92 Å². The van der Waals surface area contributed by atoms with Crippen molar-refractivity contribution in [2.75, 3.05) is 5.43 Å². The van der Waals surface area contributed by atoms with Crippen LogP contribution in [0.15, 0.2) is 41.8 Å². The highest BCUT2D eigenvalue weighted by atomic mass is 35.5. The average Bonchev–Trinajstić information content (AvgIpc) is 2.32. The second kappa shape index (κ2) is 5.41. The topological polar surface area (TPSA) is 50.2 Å². The van der Waals surface area contributed by atoms with Crippen molar-refractivity contribution in [3.63, 3.8) is 0 Å². The Bertz CT molecular complexity index is 522. The summed E-state index contributed by atoms with van der Waals surface area (Å²) >= 11 is 5.69. The van der Waals surface area contributed by atoms with E-state index in [2.05, 4.69) is 20.5 Å². The number of nitrogens with zero attached hydrogens (tertiary/aromatic N) is 3. The summed E-state index contributed by atoms with van der Waals surface area (Å²) in [6.45, 7) is 2.04. The number of rotatable bonds is 3. The first-order valence-electron chi connectivity index (χ1n) is 5.07. The first-order valence-corrected chi connectivity index (χ1v) is 5.45. The van der Waals surface area contributed by atoms with Crippen LogP contribution in [0, 0.1) is 6.92 Å². The lowest BCUT2D eigenvalue weighted by Gasteiger charge is -1.98. The van der Waals surface area contributed by atoms with Gasteiger partial charge in [-0.05, 0) is 12.5 Å². The highest BCUT2D eigenvalue weighted by Crippen LogP contribution is 2.06. The number of hydrazone groups is 1. The molecule has 2 rings (SSSR count). The lowest BCUT2D eigenvalue weighted by atomic mass is 10.2. The summed E-state index contributed by atoms with van der Waals surface area (Å²) in [6.07, 6.45) is 4.73. The number of aromatic nitrogens is 2. The molecule has 0 aliphatic heterocycles. The van der Waals surface area contributed by atoms with Crippen LogP contribution in [0.2, 0.25) is 5.15 Å². The standard InChI is InChI=1S/C12H11ClN4/c1-9-2-4-10(5-3-9)6-15-17-12-8-14-7-11(13)16-12/h2-8H,1H3,(H,16,17)/b15-6+. The van der Waals surface area contributed by atoms with Crippen LogP contribution in [0.5, 0.6) is 0 Å². The lowest BCUT2D eigenvalue weighted by molar-refractivity contribution is 1.16. The second-order valence-electron chi connectivity index (χ2n) is 3.51. The minimum atomic E-state index is 0.334. The Balaban J connectivity index is 2.00. The van der Waals surface area contributed by atoms with E-state index in [4.69, 9.17) is 11.6 Å². The number of aryl methyl sites for hydroxylation is 1. The molecule has 5 heteroatoms. The van der Waals surface area contributed by atoms with Gasteiger partial charge in [-0.25, -0.2) is 4.98 Å². The molecule has 0 aliphatic carbocycles. The molecule has 0 spiro atoms. The number of hydrogen-bond donors (Lipinski definition) is 1. The molecule has 0 unspecified atom stereocenters. The van der Waals surface area contributed by atoms with Crippen molar-refractivity contribution in [1.82, 2.24) is 9.97 Å². The first-order chi connectivity index (χ1) is 8.24. The van der Waals surface area contributed by atoms with E-state index in [1.165, 1.54) is 11.8 Å². The number of anilines is 1. The normalized spacial score (nSPS) is 10.7. The molecule has 1 N–H and O–H groups in total. The monoisotopic (exact) mass is 246 g/mol. The first kappa shape index (κ1) is 11.5. The molecule has 1 heterocycles. The van der Waals surface area contributed by atoms with Gasteiger partial charge in [-0.1, -0.05) is 41.4 Å². The van der Waals surface area contributed by atoms with Crippen molar-refractivity contribution in [1.29, 1.82) is 0 Å². The van der Waals surface area contributed by atoms with E-state index >= 15 is 0 Å². The van der Waals surface area contributed by atoms with E-state index in [1.807, 2.05) is 31.2 Å². The zero-order chi connectivity index (χ0) is 12.1. The van der Waals surface area contributed by atoms with E-state index in [0.29, 0.717) is 11.0 Å². The minimum absolute atomic E-state index is 0.334. The third-order valence-electron chi connectivity index (χ3n) is 2.08. The smallest absolute Gasteiger partial charge is 0.166 e. The Morgan fingerprint density at radius 2 is 2.00 bits per heavy atom. The van der Waals surface area contributed by atoms with Crippen LogP contribution >= 0.6 is 11.6 Å². The average molecular weight is 247 g/mol. The van der Waals surface area contributed by atoms with Crippen molar-refractivity contribution >= 4 is 23.6 Å². The molecule has 17 heavy (non-hydrogen) atoms. The molecule has 0 radical (unpaired) electrons. The third-order valence-corrected chi connectivity index (χ3v) is 2.26. The SMILES string of the molecule is Cc1ccc(/C=N/Nc2cncc(Cl)n2)cc1. The van der Waals surface area contributed by atoms with E-state index in [1.54, 1.807) is 12.4 Å². The quantitative estimate of drug-likeness (QED) is 0.669. The van der Waals surface area contributed by atoms with E-state index in [-0.39, 0.29) is 0 Å². The molecule has 1 aromatic heterocycles. The largest absolute Gasteiger partial charge is 0.260 e. The summed E-state index contributed by atoms with van der Waals surface area (Å²) < 4.78 is 0. The summed E-state index contributed by atoms with van der Waals surface area (Å²) in [5.41, 5.74) is 4.99. The fourth-order valence-corrected chi connectivity index (χ4v) is 1.37. The summed E-state index contributed by atoms with van der Waals surface area (Å²) in [5, 5.41) is 4.38. The van der Waals surface area contributed by atoms with E-state index in [9.17, 15) is 0 Å². The molecule has 0 saturated carbocycles. The van der Waals surface area contributed by atoms with E-state index < -0.39 is 0 Å². The van der Waals surface area contributed by atoms with Gasteiger partial charge in [0.2, 0.25) is 0 Å². The lowest BCUT2D eigenvalue weighted by Crippen LogP contribution is -1.94. The predicted octanol–water partition coefficient (Wildman–Crippen LogP) is 2.88. The van der Waals surface area contributed by atoms with Crippen molar-refractivity contribution in [3.05, 3.63) is 52.9 Å². The summed E-state index contributed by atoms with van der Waals surface area (Å²) in [7, 11) is 0. The summed E-state index contributed by atoms with van der Waals surface area (Å²) in [6, 6.07) is 8.04. The van der Waals surface area contributed by atoms with Crippen LogP contribution in [0.4, 0.5) is 5.82 Å². The van der Waals surface area contributed by atoms with Crippen LogP contribution in [0.3, 0.4) is 0 Å². The molecular formula is C12H11ClN4. The molecule has 0 aliphatic rings. The van der Waals surface area contributed by atoms with Gasteiger partial charge in [0.15, 0.2) is 5.82 Å². The van der Waals surface area contributed by atoms with Gasteiger partial charge in [0.25, 0.3) is 0 Å². The van der Waals surface area contributed by atoms with Crippen LogP contribution in [-0.4, -0.2) is 16.2 Å².